The van der Waals surface area contributed by atoms with E-state index >= 15 is 0 Å². The average Bonchev–Trinajstić information content (AvgIpc) is 2.53. The maximum Gasteiger partial charge on any atom is 0.307 e. The van der Waals surface area contributed by atoms with Crippen molar-refractivity contribution in [1.29, 1.82) is 0 Å². The van der Waals surface area contributed by atoms with Gasteiger partial charge in [0, 0.05) is 0 Å². The highest BCUT2D eigenvalue weighted by atomic mass is 16.4. The number of unbranched alkanes of at least 4 members (excludes halogenated alkanes) is 8. The quantitative estimate of drug-likeness (QED) is 0.280. The molecule has 2 atom stereocenters. The van der Waals surface area contributed by atoms with Crippen LogP contribution < -0.4 is 0 Å². The molecule has 0 saturated carbocycles. The van der Waals surface area contributed by atoms with E-state index in [0.717, 1.165) is 25.7 Å². The van der Waals surface area contributed by atoms with Gasteiger partial charge in [-0.15, -0.1) is 0 Å². The number of carboxylic acids is 2. The predicted molar refractivity (Wildman–Crippen MR) is 98.1 cm³/mol. The van der Waals surface area contributed by atoms with Gasteiger partial charge in [0.15, 0.2) is 0 Å². The van der Waals surface area contributed by atoms with Crippen molar-refractivity contribution in [3.8, 4) is 0 Å². The zero-order valence-corrected chi connectivity index (χ0v) is 15.5. The van der Waals surface area contributed by atoms with Crippen LogP contribution in [0.2, 0.25) is 0 Å². The fourth-order valence-corrected chi connectivity index (χ4v) is 3.04. The lowest BCUT2D eigenvalue weighted by molar-refractivity contribution is -0.149. The summed E-state index contributed by atoms with van der Waals surface area (Å²) < 4.78 is 0. The summed E-state index contributed by atoms with van der Waals surface area (Å²) in [4.78, 5) is 22.2. The Morgan fingerprint density at radius 2 is 1.46 bits per heavy atom. The lowest BCUT2D eigenvalue weighted by atomic mass is 9.85. The lowest BCUT2D eigenvalue weighted by Crippen LogP contribution is -2.25. The van der Waals surface area contributed by atoms with Crippen LogP contribution in [0.15, 0.2) is 12.2 Å². The van der Waals surface area contributed by atoms with Crippen molar-refractivity contribution in [3.63, 3.8) is 0 Å². The maximum absolute atomic E-state index is 11.3. The predicted octanol–water partition coefficient (Wildman–Crippen LogP) is 5.67. The third-order valence-corrected chi connectivity index (χ3v) is 4.46. The molecule has 4 heteroatoms. The van der Waals surface area contributed by atoms with Crippen molar-refractivity contribution >= 4 is 11.9 Å². The third kappa shape index (κ3) is 12.1. The minimum Gasteiger partial charge on any atom is -0.481 e. The van der Waals surface area contributed by atoms with E-state index in [1.807, 2.05) is 13.0 Å². The molecule has 0 heterocycles. The molecule has 140 valence electrons. The van der Waals surface area contributed by atoms with Gasteiger partial charge in [0.1, 0.15) is 0 Å². The van der Waals surface area contributed by atoms with Crippen molar-refractivity contribution < 1.29 is 19.8 Å². The summed E-state index contributed by atoms with van der Waals surface area (Å²) in [5.41, 5.74) is 0. The van der Waals surface area contributed by atoms with Crippen LogP contribution in [0.1, 0.15) is 90.9 Å². The Morgan fingerprint density at radius 3 is 1.96 bits per heavy atom. The van der Waals surface area contributed by atoms with Crippen LogP contribution in [0.3, 0.4) is 0 Å². The molecule has 0 aromatic rings. The van der Waals surface area contributed by atoms with Crippen molar-refractivity contribution in [2.45, 2.75) is 90.9 Å². The van der Waals surface area contributed by atoms with Crippen molar-refractivity contribution in [2.75, 3.05) is 0 Å². The molecule has 0 saturated heterocycles. The molecular weight excluding hydrogens is 304 g/mol. The molecule has 0 radical (unpaired) electrons. The minimum atomic E-state index is -1.04. The number of aliphatic carboxylic acids is 2. The number of carboxylic acid groups (broad SMARTS) is 2. The van der Waals surface area contributed by atoms with E-state index in [9.17, 15) is 14.7 Å². The van der Waals surface area contributed by atoms with Gasteiger partial charge in [0.25, 0.3) is 0 Å². The molecule has 0 bridgehead atoms. The van der Waals surface area contributed by atoms with Gasteiger partial charge in [-0.2, -0.15) is 0 Å². The number of allylic oxidation sites excluding steroid dienone is 2. The van der Waals surface area contributed by atoms with E-state index in [1.165, 1.54) is 44.9 Å². The zero-order valence-electron chi connectivity index (χ0n) is 15.5. The van der Waals surface area contributed by atoms with E-state index < -0.39 is 17.9 Å². The van der Waals surface area contributed by atoms with Crippen LogP contribution in [-0.4, -0.2) is 22.2 Å². The molecule has 0 aliphatic carbocycles. The smallest absolute Gasteiger partial charge is 0.307 e. The Morgan fingerprint density at radius 1 is 0.875 bits per heavy atom. The first-order valence-electron chi connectivity index (χ1n) is 9.64. The van der Waals surface area contributed by atoms with Crippen LogP contribution >= 0.6 is 0 Å². The SMILES string of the molecule is CCCCCCCCCC/C=C/C(CCC)C(CC(=O)O)C(=O)O. The second kappa shape index (κ2) is 15.2. The highest BCUT2D eigenvalue weighted by Crippen LogP contribution is 2.24. The molecule has 2 unspecified atom stereocenters. The molecular formula is C20H36O4. The molecule has 0 fully saturated rings. The number of rotatable bonds is 16. The number of hydrogen-bond donors (Lipinski definition) is 2. The molecule has 4 nitrogen and oxygen atoms in total. The first-order chi connectivity index (χ1) is 11.5. The Balaban J connectivity index is 4.10. The first kappa shape index (κ1) is 22.7. The van der Waals surface area contributed by atoms with Gasteiger partial charge in [0.05, 0.1) is 12.3 Å². The van der Waals surface area contributed by atoms with Gasteiger partial charge in [-0.3, -0.25) is 9.59 Å². The fraction of sp³-hybridized carbons (Fsp3) is 0.800. The largest absolute Gasteiger partial charge is 0.481 e. The standard InChI is InChI=1S/C20H36O4/c1-3-5-6-7-8-9-10-11-12-13-15-17(14-4-2)18(20(23)24)16-19(21)22/h13,15,17-18H,3-12,14,16H2,1-2H3,(H,21,22)(H,23,24)/b15-13+. The normalized spacial score (nSPS) is 13.9. The van der Waals surface area contributed by atoms with Gasteiger partial charge in [-0.05, 0) is 25.2 Å². The minimum absolute atomic E-state index is 0.183. The first-order valence-corrected chi connectivity index (χ1v) is 9.64. The molecule has 0 aliphatic rings. The Hall–Kier alpha value is -1.32. The van der Waals surface area contributed by atoms with Crippen LogP contribution in [0.25, 0.3) is 0 Å². The summed E-state index contributed by atoms with van der Waals surface area (Å²) in [6.45, 7) is 4.22. The van der Waals surface area contributed by atoms with E-state index in [2.05, 4.69) is 13.0 Å². The van der Waals surface area contributed by atoms with Crippen molar-refractivity contribution in [2.24, 2.45) is 11.8 Å². The van der Waals surface area contributed by atoms with E-state index in [-0.39, 0.29) is 12.3 Å². The maximum atomic E-state index is 11.3. The summed E-state index contributed by atoms with van der Waals surface area (Å²) in [6.07, 6.45) is 16.4. The monoisotopic (exact) mass is 340 g/mol. The van der Waals surface area contributed by atoms with Crippen LogP contribution in [0.4, 0.5) is 0 Å². The van der Waals surface area contributed by atoms with Gasteiger partial charge in [-0.25, -0.2) is 0 Å². The lowest BCUT2D eigenvalue weighted by Gasteiger charge is -2.19. The molecule has 2 N–H and O–H groups in total. The third-order valence-electron chi connectivity index (χ3n) is 4.46. The van der Waals surface area contributed by atoms with Gasteiger partial charge in [0.2, 0.25) is 0 Å². The second-order valence-corrected chi connectivity index (χ2v) is 6.69. The molecule has 24 heavy (non-hydrogen) atoms. The van der Waals surface area contributed by atoms with Gasteiger partial charge < -0.3 is 10.2 Å². The molecule has 0 amide bonds. The number of carbonyl (C=O) groups is 2. The average molecular weight is 341 g/mol. The summed E-state index contributed by atoms with van der Waals surface area (Å²) in [6, 6.07) is 0. The summed E-state index contributed by atoms with van der Waals surface area (Å²) in [7, 11) is 0. The molecule has 0 rings (SSSR count). The topological polar surface area (TPSA) is 74.6 Å². The Kier molecular flexibility index (Phi) is 14.4. The van der Waals surface area contributed by atoms with Crippen molar-refractivity contribution in [3.05, 3.63) is 12.2 Å². The van der Waals surface area contributed by atoms with Gasteiger partial charge in [-0.1, -0.05) is 77.4 Å². The Bertz CT molecular complexity index is 363. The van der Waals surface area contributed by atoms with Crippen molar-refractivity contribution in [1.82, 2.24) is 0 Å². The molecule has 0 aromatic carbocycles. The van der Waals surface area contributed by atoms with Crippen LogP contribution in [-0.2, 0) is 9.59 Å². The summed E-state index contributed by atoms with van der Waals surface area (Å²) in [5.74, 6) is -3.05. The summed E-state index contributed by atoms with van der Waals surface area (Å²) >= 11 is 0. The fourth-order valence-electron chi connectivity index (χ4n) is 3.04. The highest BCUT2D eigenvalue weighted by Gasteiger charge is 2.28. The molecule has 0 aromatic heterocycles. The highest BCUT2D eigenvalue weighted by molar-refractivity contribution is 5.78. The summed E-state index contributed by atoms with van der Waals surface area (Å²) in [5, 5.41) is 18.2. The van der Waals surface area contributed by atoms with Crippen LogP contribution in [0, 0.1) is 11.8 Å². The van der Waals surface area contributed by atoms with Crippen LogP contribution in [0.5, 0.6) is 0 Å². The Labute approximate surface area is 147 Å². The molecule has 0 aliphatic heterocycles. The van der Waals surface area contributed by atoms with E-state index in [1.54, 1.807) is 0 Å². The van der Waals surface area contributed by atoms with E-state index in [4.69, 9.17) is 5.11 Å². The second-order valence-electron chi connectivity index (χ2n) is 6.69. The molecule has 0 spiro atoms. The zero-order chi connectivity index (χ0) is 18.2. The van der Waals surface area contributed by atoms with E-state index in [0.29, 0.717) is 0 Å². The van der Waals surface area contributed by atoms with Gasteiger partial charge >= 0.3 is 11.9 Å². The number of hydrogen-bond acceptors (Lipinski definition) is 2.